The van der Waals surface area contributed by atoms with Gasteiger partial charge in [-0.25, -0.2) is 13.1 Å². The standard InChI is InChI=1S/C15H19N3O3S2/c1-16-23(20,21)14-9-8-13(22-14)10-17-15(19)11-4-6-12(7-5-11)18(2)3/h4-9,16H,10H2,1-3H3,(H,17,19). The summed E-state index contributed by atoms with van der Waals surface area (Å²) in [6, 6.07) is 10.5. The van der Waals surface area contributed by atoms with E-state index in [2.05, 4.69) is 10.0 Å². The zero-order valence-corrected chi connectivity index (χ0v) is 14.8. The first kappa shape index (κ1) is 17.5. The normalized spacial score (nSPS) is 11.3. The summed E-state index contributed by atoms with van der Waals surface area (Å²) in [6.45, 7) is 0.290. The summed E-state index contributed by atoms with van der Waals surface area (Å²) in [4.78, 5) is 14.8. The Labute approximate surface area is 140 Å². The van der Waals surface area contributed by atoms with E-state index in [9.17, 15) is 13.2 Å². The maximum absolute atomic E-state index is 12.1. The number of nitrogens with one attached hydrogen (secondary N) is 2. The van der Waals surface area contributed by atoms with Crippen molar-refractivity contribution in [2.75, 3.05) is 26.0 Å². The number of nitrogens with zero attached hydrogens (tertiary/aromatic N) is 1. The Hall–Kier alpha value is -1.90. The molecule has 0 aliphatic heterocycles. The average Bonchev–Trinajstić information content (AvgIpc) is 3.02. The van der Waals surface area contributed by atoms with Crippen LogP contribution in [0.25, 0.3) is 0 Å². The van der Waals surface area contributed by atoms with Gasteiger partial charge in [0.2, 0.25) is 10.0 Å². The van der Waals surface area contributed by atoms with Crippen LogP contribution >= 0.6 is 11.3 Å². The first-order valence-electron chi connectivity index (χ1n) is 6.91. The highest BCUT2D eigenvalue weighted by molar-refractivity contribution is 7.91. The van der Waals surface area contributed by atoms with Crippen molar-refractivity contribution < 1.29 is 13.2 Å². The van der Waals surface area contributed by atoms with Gasteiger partial charge in [0.05, 0.1) is 6.54 Å². The van der Waals surface area contributed by atoms with Gasteiger partial charge >= 0.3 is 0 Å². The van der Waals surface area contributed by atoms with Crippen molar-refractivity contribution in [2.24, 2.45) is 0 Å². The Kier molecular flexibility index (Phi) is 5.40. The molecule has 0 fully saturated rings. The quantitative estimate of drug-likeness (QED) is 0.828. The van der Waals surface area contributed by atoms with Crippen molar-refractivity contribution in [2.45, 2.75) is 10.8 Å². The third-order valence-corrected chi connectivity index (χ3v) is 6.23. The van der Waals surface area contributed by atoms with Crippen LogP contribution in [0.3, 0.4) is 0 Å². The minimum Gasteiger partial charge on any atom is -0.378 e. The number of hydrogen-bond donors (Lipinski definition) is 2. The minimum atomic E-state index is -3.43. The second-order valence-corrected chi connectivity index (χ2v) is 8.33. The lowest BCUT2D eigenvalue weighted by atomic mass is 10.2. The van der Waals surface area contributed by atoms with Crippen LogP contribution in [0, 0.1) is 0 Å². The molecule has 0 aliphatic carbocycles. The van der Waals surface area contributed by atoms with Gasteiger partial charge in [-0.15, -0.1) is 11.3 Å². The largest absolute Gasteiger partial charge is 0.378 e. The molecule has 1 heterocycles. The number of carbonyl (C=O) groups excluding carboxylic acids is 1. The van der Waals surface area contributed by atoms with E-state index in [4.69, 9.17) is 0 Å². The van der Waals surface area contributed by atoms with Crippen molar-refractivity contribution in [1.29, 1.82) is 0 Å². The fourth-order valence-electron chi connectivity index (χ4n) is 1.88. The third-order valence-electron chi connectivity index (χ3n) is 3.24. The van der Waals surface area contributed by atoms with E-state index in [1.54, 1.807) is 18.2 Å². The van der Waals surface area contributed by atoms with Crippen LogP contribution in [-0.2, 0) is 16.6 Å². The van der Waals surface area contributed by atoms with Crippen LogP contribution in [0.5, 0.6) is 0 Å². The lowest BCUT2D eigenvalue weighted by Gasteiger charge is -2.12. The van der Waals surface area contributed by atoms with Crippen LogP contribution in [0.4, 0.5) is 5.69 Å². The lowest BCUT2D eigenvalue weighted by Crippen LogP contribution is -2.22. The van der Waals surface area contributed by atoms with Crippen LogP contribution in [0.15, 0.2) is 40.6 Å². The van der Waals surface area contributed by atoms with Crippen molar-refractivity contribution >= 4 is 33.0 Å². The summed E-state index contributed by atoms with van der Waals surface area (Å²) in [5.41, 5.74) is 1.58. The van der Waals surface area contributed by atoms with E-state index in [1.807, 2.05) is 31.1 Å². The second-order valence-electron chi connectivity index (χ2n) is 5.05. The molecule has 1 aromatic heterocycles. The summed E-state index contributed by atoms with van der Waals surface area (Å²) in [6.07, 6.45) is 0. The van der Waals surface area contributed by atoms with Crippen LogP contribution in [-0.4, -0.2) is 35.5 Å². The first-order valence-corrected chi connectivity index (χ1v) is 9.21. The molecule has 0 saturated heterocycles. The SMILES string of the molecule is CNS(=O)(=O)c1ccc(CNC(=O)c2ccc(N(C)C)cc2)s1. The molecule has 0 bridgehead atoms. The molecule has 23 heavy (non-hydrogen) atoms. The molecule has 124 valence electrons. The summed E-state index contributed by atoms with van der Waals surface area (Å²) in [7, 11) is 1.81. The molecule has 0 atom stereocenters. The lowest BCUT2D eigenvalue weighted by molar-refractivity contribution is 0.0951. The summed E-state index contributed by atoms with van der Waals surface area (Å²) in [5, 5.41) is 2.79. The Bertz CT molecular complexity index is 781. The summed E-state index contributed by atoms with van der Waals surface area (Å²) in [5.74, 6) is -0.193. The van der Waals surface area contributed by atoms with E-state index >= 15 is 0 Å². The Morgan fingerprint density at radius 3 is 2.35 bits per heavy atom. The highest BCUT2D eigenvalue weighted by Gasteiger charge is 2.14. The van der Waals surface area contributed by atoms with Gasteiger partial charge in [0.15, 0.2) is 0 Å². The topological polar surface area (TPSA) is 78.5 Å². The zero-order valence-electron chi connectivity index (χ0n) is 13.2. The number of sulfonamides is 1. The monoisotopic (exact) mass is 353 g/mol. The number of thiophene rings is 1. The molecule has 6 nitrogen and oxygen atoms in total. The predicted octanol–water partition coefficient (Wildman–Crippen LogP) is 1.65. The molecule has 2 aromatic rings. The Morgan fingerprint density at radius 2 is 1.78 bits per heavy atom. The Morgan fingerprint density at radius 1 is 1.13 bits per heavy atom. The van der Waals surface area contributed by atoms with E-state index < -0.39 is 10.0 Å². The van der Waals surface area contributed by atoms with Crippen molar-refractivity contribution in [3.8, 4) is 0 Å². The van der Waals surface area contributed by atoms with Gasteiger partial charge in [-0.2, -0.15) is 0 Å². The van der Waals surface area contributed by atoms with Crippen LogP contribution in [0.2, 0.25) is 0 Å². The number of benzene rings is 1. The van der Waals surface area contributed by atoms with E-state index in [0.29, 0.717) is 5.56 Å². The van der Waals surface area contributed by atoms with Crippen LogP contribution < -0.4 is 14.9 Å². The van der Waals surface area contributed by atoms with Gasteiger partial charge in [0.1, 0.15) is 4.21 Å². The van der Waals surface area contributed by atoms with Crippen molar-refractivity contribution in [1.82, 2.24) is 10.0 Å². The van der Waals surface area contributed by atoms with Gasteiger partial charge in [0, 0.05) is 30.2 Å². The highest BCUT2D eigenvalue weighted by atomic mass is 32.2. The summed E-state index contributed by atoms with van der Waals surface area (Å²) >= 11 is 1.14. The molecule has 1 amide bonds. The maximum atomic E-state index is 12.1. The second kappa shape index (κ2) is 7.12. The fraction of sp³-hybridized carbons (Fsp3) is 0.267. The third kappa shape index (κ3) is 4.31. The molecular weight excluding hydrogens is 334 g/mol. The molecule has 0 spiro atoms. The molecule has 8 heteroatoms. The zero-order chi connectivity index (χ0) is 17.0. The van der Waals surface area contributed by atoms with Gasteiger partial charge in [-0.3, -0.25) is 4.79 Å². The van der Waals surface area contributed by atoms with Crippen molar-refractivity contribution in [3.05, 3.63) is 46.8 Å². The fourth-order valence-corrected chi connectivity index (χ4v) is 4.01. The van der Waals surface area contributed by atoms with Gasteiger partial charge < -0.3 is 10.2 Å². The highest BCUT2D eigenvalue weighted by Crippen LogP contribution is 2.21. The average molecular weight is 353 g/mol. The van der Waals surface area contributed by atoms with E-state index in [1.165, 1.54) is 13.1 Å². The molecule has 2 rings (SSSR count). The molecule has 1 aromatic carbocycles. The molecular formula is C15H19N3O3S2. The minimum absolute atomic E-state index is 0.193. The smallest absolute Gasteiger partial charge is 0.251 e. The number of amides is 1. The molecule has 0 aliphatic rings. The summed E-state index contributed by atoms with van der Waals surface area (Å²) < 4.78 is 25.8. The van der Waals surface area contributed by atoms with Crippen molar-refractivity contribution in [3.63, 3.8) is 0 Å². The van der Waals surface area contributed by atoms with E-state index in [-0.39, 0.29) is 16.7 Å². The molecule has 0 unspecified atom stereocenters. The first-order chi connectivity index (χ1) is 10.8. The number of rotatable bonds is 6. The molecule has 0 radical (unpaired) electrons. The Balaban J connectivity index is 1.99. The van der Waals surface area contributed by atoms with Gasteiger partial charge in [0.25, 0.3) is 5.91 Å². The van der Waals surface area contributed by atoms with Crippen LogP contribution in [0.1, 0.15) is 15.2 Å². The van der Waals surface area contributed by atoms with E-state index in [0.717, 1.165) is 21.9 Å². The number of hydrogen-bond acceptors (Lipinski definition) is 5. The maximum Gasteiger partial charge on any atom is 0.251 e. The number of anilines is 1. The molecule has 0 saturated carbocycles. The molecule has 2 N–H and O–H groups in total. The van der Waals surface area contributed by atoms with Gasteiger partial charge in [-0.1, -0.05) is 0 Å². The predicted molar refractivity (Wildman–Crippen MR) is 92.5 cm³/mol. The number of carbonyl (C=O) groups is 1. The van der Waals surface area contributed by atoms with Gasteiger partial charge in [-0.05, 0) is 43.4 Å².